The predicted molar refractivity (Wildman–Crippen MR) is 89.1 cm³/mol. The number of rotatable bonds is 1. The van der Waals surface area contributed by atoms with E-state index in [0.717, 1.165) is 43.2 Å². The zero-order valence-electron chi connectivity index (χ0n) is 12.7. The summed E-state index contributed by atoms with van der Waals surface area (Å²) in [6.07, 6.45) is 3.08. The molecule has 0 amide bonds. The molecular weight excluding hydrogens is 312 g/mol. The van der Waals surface area contributed by atoms with E-state index in [1.54, 1.807) is 0 Å². The number of ether oxygens (including phenoxy) is 1. The Kier molecular flexibility index (Phi) is 3.45. The van der Waals surface area contributed by atoms with Crippen molar-refractivity contribution in [1.82, 2.24) is 10.2 Å². The third-order valence-corrected chi connectivity index (χ3v) is 5.41. The number of hydrogen-bond acceptors (Lipinski definition) is 7. The summed E-state index contributed by atoms with van der Waals surface area (Å²) in [5.74, 6) is 0.901. The van der Waals surface area contributed by atoms with E-state index < -0.39 is 5.60 Å². The van der Waals surface area contributed by atoms with Crippen molar-refractivity contribution in [1.29, 1.82) is 0 Å². The summed E-state index contributed by atoms with van der Waals surface area (Å²) >= 11 is 1.40. The number of nitrogen functional groups attached to an aromatic ring is 1. The number of nitrogens with two attached hydrogens (primary N) is 1. The van der Waals surface area contributed by atoms with Crippen molar-refractivity contribution in [2.75, 3.05) is 23.7 Å². The zero-order chi connectivity index (χ0) is 15.9. The van der Waals surface area contributed by atoms with Crippen LogP contribution in [0.3, 0.4) is 0 Å². The molecule has 1 aromatic carbocycles. The molecular formula is C16H18N4O2S. The van der Waals surface area contributed by atoms with E-state index in [9.17, 15) is 4.79 Å². The molecule has 3 heterocycles. The third kappa shape index (κ3) is 2.65. The van der Waals surface area contributed by atoms with E-state index in [4.69, 9.17) is 10.5 Å². The molecule has 0 bridgehead atoms. The number of hydrogen-bond donors (Lipinski definition) is 1. The van der Waals surface area contributed by atoms with E-state index in [1.165, 1.54) is 11.3 Å². The molecule has 1 unspecified atom stereocenters. The van der Waals surface area contributed by atoms with Crippen LogP contribution in [0.5, 0.6) is 5.75 Å². The first kappa shape index (κ1) is 14.4. The summed E-state index contributed by atoms with van der Waals surface area (Å²) in [4.78, 5) is 14.7. The molecule has 1 atom stereocenters. The predicted octanol–water partition coefficient (Wildman–Crippen LogP) is 2.51. The van der Waals surface area contributed by atoms with E-state index in [-0.39, 0.29) is 5.78 Å². The number of para-hydroxylation sites is 1. The summed E-state index contributed by atoms with van der Waals surface area (Å²) in [5, 5.41) is 9.35. The average Bonchev–Trinajstić information content (AvgIpc) is 2.87. The first-order valence-corrected chi connectivity index (χ1v) is 8.62. The van der Waals surface area contributed by atoms with Crippen molar-refractivity contribution >= 4 is 27.4 Å². The first-order chi connectivity index (χ1) is 11.2. The summed E-state index contributed by atoms with van der Waals surface area (Å²) < 4.78 is 6.30. The van der Waals surface area contributed by atoms with Crippen molar-refractivity contribution in [3.05, 3.63) is 29.8 Å². The van der Waals surface area contributed by atoms with Crippen molar-refractivity contribution in [3.8, 4) is 5.75 Å². The number of ketones is 1. The highest BCUT2D eigenvalue weighted by molar-refractivity contribution is 7.18. The molecule has 0 saturated carbocycles. The number of anilines is 2. The van der Waals surface area contributed by atoms with Gasteiger partial charge in [-0.3, -0.25) is 4.79 Å². The van der Waals surface area contributed by atoms with Crippen LogP contribution in [0, 0.1) is 0 Å². The van der Waals surface area contributed by atoms with Gasteiger partial charge >= 0.3 is 0 Å². The van der Waals surface area contributed by atoms with Gasteiger partial charge in [-0.2, -0.15) is 0 Å². The van der Waals surface area contributed by atoms with Gasteiger partial charge in [-0.25, -0.2) is 0 Å². The minimum absolute atomic E-state index is 0.181. The fraction of sp³-hybridized carbons (Fsp3) is 0.438. The van der Waals surface area contributed by atoms with Crippen LogP contribution in [-0.4, -0.2) is 34.7 Å². The zero-order valence-corrected chi connectivity index (χ0v) is 13.5. The van der Waals surface area contributed by atoms with Crippen LogP contribution < -0.4 is 15.4 Å². The van der Waals surface area contributed by atoms with Crippen LogP contribution in [0.4, 0.5) is 10.3 Å². The molecule has 6 nitrogen and oxygen atoms in total. The van der Waals surface area contributed by atoms with Crippen LogP contribution >= 0.6 is 11.3 Å². The lowest BCUT2D eigenvalue weighted by Crippen LogP contribution is -2.42. The van der Waals surface area contributed by atoms with Gasteiger partial charge in [0.1, 0.15) is 11.4 Å². The van der Waals surface area contributed by atoms with Crippen molar-refractivity contribution in [2.24, 2.45) is 0 Å². The smallest absolute Gasteiger partial charge is 0.209 e. The molecule has 1 fully saturated rings. The molecule has 1 spiro atoms. The summed E-state index contributed by atoms with van der Waals surface area (Å²) in [5.41, 5.74) is 5.99. The number of nitrogens with zero attached hydrogens (tertiary/aromatic N) is 3. The van der Waals surface area contributed by atoms with Crippen LogP contribution in [0.2, 0.25) is 0 Å². The lowest BCUT2D eigenvalue weighted by molar-refractivity contribution is 0.0323. The van der Waals surface area contributed by atoms with Crippen molar-refractivity contribution in [2.45, 2.75) is 31.3 Å². The van der Waals surface area contributed by atoms with Crippen molar-refractivity contribution in [3.63, 3.8) is 0 Å². The van der Waals surface area contributed by atoms with Gasteiger partial charge in [0.25, 0.3) is 0 Å². The molecule has 7 heteroatoms. The maximum atomic E-state index is 12.5. The number of aromatic nitrogens is 2. The molecule has 2 aliphatic heterocycles. The van der Waals surface area contributed by atoms with Crippen LogP contribution in [0.15, 0.2) is 24.3 Å². The highest BCUT2D eigenvalue weighted by Gasteiger charge is 2.41. The van der Waals surface area contributed by atoms with Gasteiger partial charge in [0.05, 0.1) is 12.0 Å². The minimum Gasteiger partial charge on any atom is -0.486 e. The molecule has 23 heavy (non-hydrogen) atoms. The molecule has 120 valence electrons. The lowest BCUT2D eigenvalue weighted by atomic mass is 9.84. The third-order valence-electron chi connectivity index (χ3n) is 4.59. The maximum absolute atomic E-state index is 12.5. The van der Waals surface area contributed by atoms with Crippen molar-refractivity contribution < 1.29 is 9.53 Å². The van der Waals surface area contributed by atoms with Crippen LogP contribution in [0.25, 0.3) is 0 Å². The molecule has 1 aromatic heterocycles. The van der Waals surface area contributed by atoms with Gasteiger partial charge < -0.3 is 15.4 Å². The standard InChI is InChI=1S/C16H18N4O2S/c17-14-18-19-15(23-14)20-8-3-6-16(7-9-20)10-12(21)11-4-1-2-5-13(11)22-16/h1-2,4-5H,3,6-10H2,(H2,17,18). The van der Waals surface area contributed by atoms with Gasteiger partial charge in [0, 0.05) is 19.5 Å². The summed E-state index contributed by atoms with van der Waals surface area (Å²) in [7, 11) is 0. The minimum atomic E-state index is -0.392. The highest BCUT2D eigenvalue weighted by atomic mass is 32.1. The van der Waals surface area contributed by atoms with Gasteiger partial charge in [-0.15, -0.1) is 10.2 Å². The number of fused-ring (bicyclic) bond motifs is 1. The molecule has 2 N–H and O–H groups in total. The van der Waals surface area contributed by atoms with Gasteiger partial charge in [-0.05, 0) is 25.0 Å². The Labute approximate surface area is 138 Å². The fourth-order valence-corrected chi connectivity index (χ4v) is 4.10. The average molecular weight is 330 g/mol. The Balaban J connectivity index is 1.56. The number of Topliss-reactive ketones (excluding diaryl/α,β-unsaturated/α-hetero) is 1. The molecule has 4 rings (SSSR count). The second kappa shape index (κ2) is 5.49. The number of carbonyl (C=O) groups is 1. The molecule has 1 saturated heterocycles. The number of benzene rings is 1. The topological polar surface area (TPSA) is 81.3 Å². The SMILES string of the molecule is Nc1nnc(N2CCCC3(CC2)CC(=O)c2ccccc2O3)s1. The van der Waals surface area contributed by atoms with E-state index >= 15 is 0 Å². The molecule has 0 radical (unpaired) electrons. The molecule has 2 aromatic rings. The van der Waals surface area contributed by atoms with E-state index in [0.29, 0.717) is 17.1 Å². The van der Waals surface area contributed by atoms with Gasteiger partial charge in [-0.1, -0.05) is 23.5 Å². The highest BCUT2D eigenvalue weighted by Crippen LogP contribution is 2.40. The van der Waals surface area contributed by atoms with E-state index in [2.05, 4.69) is 15.1 Å². The Bertz CT molecular complexity index is 747. The fourth-order valence-electron chi connectivity index (χ4n) is 3.44. The Morgan fingerprint density at radius 3 is 2.91 bits per heavy atom. The Hall–Kier alpha value is -2.15. The molecule has 0 aliphatic carbocycles. The molecule has 2 aliphatic rings. The van der Waals surface area contributed by atoms with Gasteiger partial charge in [0.15, 0.2) is 5.78 Å². The monoisotopic (exact) mass is 330 g/mol. The normalized spacial score (nSPS) is 24.2. The largest absolute Gasteiger partial charge is 0.486 e. The maximum Gasteiger partial charge on any atom is 0.209 e. The number of carbonyl (C=O) groups excluding carboxylic acids is 1. The van der Waals surface area contributed by atoms with Gasteiger partial charge in [0.2, 0.25) is 10.3 Å². The lowest BCUT2D eigenvalue weighted by Gasteiger charge is -2.37. The quantitative estimate of drug-likeness (QED) is 0.865. The summed E-state index contributed by atoms with van der Waals surface area (Å²) in [6.45, 7) is 1.68. The van der Waals surface area contributed by atoms with Crippen LogP contribution in [-0.2, 0) is 0 Å². The second-order valence-electron chi connectivity index (χ2n) is 6.14. The van der Waals surface area contributed by atoms with Crippen LogP contribution in [0.1, 0.15) is 36.0 Å². The second-order valence-corrected chi connectivity index (χ2v) is 7.13. The summed E-state index contributed by atoms with van der Waals surface area (Å²) in [6, 6.07) is 7.53. The van der Waals surface area contributed by atoms with E-state index in [1.807, 2.05) is 24.3 Å². The Morgan fingerprint density at radius 2 is 2.09 bits per heavy atom. The first-order valence-electron chi connectivity index (χ1n) is 7.80. The Morgan fingerprint density at radius 1 is 1.22 bits per heavy atom.